The number of hydrogen-bond donors (Lipinski definition) is 4. The molecule has 3 amide bonds. The number of carbonyl (C=O) groups excluding carboxylic acids is 3. The Hall–Kier alpha value is -4.31. The highest BCUT2D eigenvalue weighted by atomic mass is 32.1. The molecular formula is C21H16N6O3S. The van der Waals surface area contributed by atoms with E-state index in [4.69, 9.17) is 0 Å². The van der Waals surface area contributed by atoms with Gasteiger partial charge in [-0.15, -0.1) is 11.3 Å². The van der Waals surface area contributed by atoms with Crippen molar-refractivity contribution in [3.63, 3.8) is 0 Å². The van der Waals surface area contributed by atoms with Crippen molar-refractivity contribution < 1.29 is 14.4 Å². The first-order valence-corrected chi connectivity index (χ1v) is 10.00. The van der Waals surface area contributed by atoms with E-state index in [2.05, 4.69) is 30.9 Å². The predicted octanol–water partition coefficient (Wildman–Crippen LogP) is 3.62. The topological polar surface area (TPSA) is 129 Å². The van der Waals surface area contributed by atoms with E-state index in [1.807, 2.05) is 0 Å². The summed E-state index contributed by atoms with van der Waals surface area (Å²) in [5, 5.41) is 10.2. The molecule has 9 nitrogen and oxygen atoms in total. The van der Waals surface area contributed by atoms with E-state index in [9.17, 15) is 14.4 Å². The maximum atomic E-state index is 12.7. The van der Waals surface area contributed by atoms with Gasteiger partial charge < -0.3 is 20.9 Å². The average molecular weight is 432 g/mol. The molecule has 0 unspecified atom stereocenters. The average Bonchev–Trinajstić information content (AvgIpc) is 3.47. The molecule has 4 aromatic rings. The van der Waals surface area contributed by atoms with Crippen LogP contribution in [0.1, 0.15) is 31.3 Å². The number of rotatable bonds is 6. The minimum Gasteiger partial charge on any atom is -0.357 e. The first-order valence-electron chi connectivity index (χ1n) is 9.12. The fourth-order valence-corrected chi connectivity index (χ4v) is 3.52. The second kappa shape index (κ2) is 9.01. The Kier molecular flexibility index (Phi) is 5.81. The molecule has 0 fully saturated rings. The number of thiophene rings is 1. The lowest BCUT2D eigenvalue weighted by atomic mass is 10.2. The zero-order valence-corrected chi connectivity index (χ0v) is 16.8. The van der Waals surface area contributed by atoms with Gasteiger partial charge in [-0.3, -0.25) is 24.4 Å². The number of amides is 3. The summed E-state index contributed by atoms with van der Waals surface area (Å²) in [4.78, 5) is 48.5. The van der Waals surface area contributed by atoms with E-state index in [0.29, 0.717) is 21.9 Å². The number of aromatic amines is 1. The summed E-state index contributed by atoms with van der Waals surface area (Å²) in [6.45, 7) is 0. The van der Waals surface area contributed by atoms with Crippen LogP contribution in [-0.4, -0.2) is 32.7 Å². The van der Waals surface area contributed by atoms with E-state index < -0.39 is 11.8 Å². The first-order chi connectivity index (χ1) is 15.1. The van der Waals surface area contributed by atoms with E-state index >= 15 is 0 Å². The number of nitrogens with one attached hydrogen (secondary N) is 4. The van der Waals surface area contributed by atoms with E-state index in [-0.39, 0.29) is 17.3 Å². The number of nitrogens with zero attached hydrogens (tertiary/aromatic N) is 2. The van der Waals surface area contributed by atoms with Gasteiger partial charge in [0.1, 0.15) is 22.1 Å². The van der Waals surface area contributed by atoms with Gasteiger partial charge in [-0.1, -0.05) is 6.07 Å². The van der Waals surface area contributed by atoms with E-state index in [0.717, 1.165) is 11.3 Å². The molecule has 0 aromatic carbocycles. The van der Waals surface area contributed by atoms with Crippen LogP contribution >= 0.6 is 11.3 Å². The molecule has 0 spiro atoms. The standard InChI is InChI=1S/C21H16N6O3S/c28-18(13-5-3-8-22-11-13)26-17-16(25-19(29)14-6-1-2-9-23-14)12-31-21(17)27-20(30)15-7-4-10-24-15/h1-12,24H,(H,25,29)(H,26,28)(H,27,30). The van der Waals surface area contributed by atoms with Crippen molar-refractivity contribution in [1.29, 1.82) is 0 Å². The van der Waals surface area contributed by atoms with Crippen molar-refractivity contribution in [2.75, 3.05) is 16.0 Å². The molecule has 0 aliphatic carbocycles. The van der Waals surface area contributed by atoms with Crippen LogP contribution in [-0.2, 0) is 0 Å². The summed E-state index contributed by atoms with van der Waals surface area (Å²) in [5.74, 6) is -1.26. The summed E-state index contributed by atoms with van der Waals surface area (Å²) < 4.78 is 0. The summed E-state index contributed by atoms with van der Waals surface area (Å²) in [5.41, 5.74) is 1.51. The molecule has 0 saturated heterocycles. The second-order valence-electron chi connectivity index (χ2n) is 6.26. The summed E-state index contributed by atoms with van der Waals surface area (Å²) in [6, 6.07) is 11.5. The van der Waals surface area contributed by atoms with Gasteiger partial charge >= 0.3 is 0 Å². The van der Waals surface area contributed by atoms with Crippen LogP contribution in [0.15, 0.2) is 72.6 Å². The minimum atomic E-state index is -0.447. The molecule has 4 rings (SSSR count). The summed E-state index contributed by atoms with van der Waals surface area (Å²) in [6.07, 6.45) is 6.12. The molecule has 10 heteroatoms. The van der Waals surface area contributed by atoms with Crippen molar-refractivity contribution in [2.45, 2.75) is 0 Å². The Bertz CT molecular complexity index is 1210. The Balaban J connectivity index is 1.62. The van der Waals surface area contributed by atoms with Gasteiger partial charge in [-0.2, -0.15) is 0 Å². The number of pyridine rings is 2. The lowest BCUT2D eigenvalue weighted by Gasteiger charge is -2.11. The van der Waals surface area contributed by atoms with Crippen LogP contribution in [0.4, 0.5) is 16.4 Å². The van der Waals surface area contributed by atoms with Gasteiger partial charge in [-0.25, -0.2) is 0 Å². The van der Waals surface area contributed by atoms with Gasteiger partial charge in [0.2, 0.25) is 0 Å². The second-order valence-corrected chi connectivity index (χ2v) is 7.14. The van der Waals surface area contributed by atoms with Crippen LogP contribution in [0.5, 0.6) is 0 Å². The Labute approximate surface area is 180 Å². The molecule has 0 aliphatic rings. The highest BCUT2D eigenvalue weighted by molar-refractivity contribution is 7.15. The van der Waals surface area contributed by atoms with Crippen LogP contribution in [0.2, 0.25) is 0 Å². The van der Waals surface area contributed by atoms with Crippen molar-refractivity contribution in [2.24, 2.45) is 0 Å². The molecule has 4 aromatic heterocycles. The number of hydrogen-bond acceptors (Lipinski definition) is 6. The minimum absolute atomic E-state index is 0.218. The molecule has 0 saturated carbocycles. The molecular weight excluding hydrogens is 416 g/mol. The van der Waals surface area contributed by atoms with Crippen molar-refractivity contribution in [3.05, 3.63) is 89.6 Å². The third kappa shape index (κ3) is 4.65. The predicted molar refractivity (Wildman–Crippen MR) is 117 cm³/mol. The number of anilines is 3. The fourth-order valence-electron chi connectivity index (χ4n) is 2.67. The quantitative estimate of drug-likeness (QED) is 0.370. The summed E-state index contributed by atoms with van der Waals surface area (Å²) in [7, 11) is 0. The van der Waals surface area contributed by atoms with Gasteiger partial charge in [0.15, 0.2) is 0 Å². The highest BCUT2D eigenvalue weighted by Gasteiger charge is 2.20. The Morgan fingerprint density at radius 1 is 0.871 bits per heavy atom. The first kappa shape index (κ1) is 20.0. The molecule has 0 radical (unpaired) electrons. The summed E-state index contributed by atoms with van der Waals surface area (Å²) >= 11 is 1.16. The maximum absolute atomic E-state index is 12.7. The molecule has 4 heterocycles. The monoisotopic (exact) mass is 432 g/mol. The van der Waals surface area contributed by atoms with E-state index in [1.165, 1.54) is 12.4 Å². The third-order valence-corrected chi connectivity index (χ3v) is 5.06. The van der Waals surface area contributed by atoms with Gasteiger partial charge in [-0.05, 0) is 36.4 Å². The normalized spacial score (nSPS) is 10.3. The third-order valence-electron chi connectivity index (χ3n) is 4.17. The molecule has 31 heavy (non-hydrogen) atoms. The van der Waals surface area contributed by atoms with Crippen LogP contribution in [0.25, 0.3) is 0 Å². The van der Waals surface area contributed by atoms with Crippen molar-refractivity contribution >= 4 is 45.4 Å². The zero-order chi connectivity index (χ0) is 21.6. The zero-order valence-electron chi connectivity index (χ0n) is 16.0. The Morgan fingerprint density at radius 3 is 2.48 bits per heavy atom. The van der Waals surface area contributed by atoms with Gasteiger partial charge in [0.25, 0.3) is 17.7 Å². The Morgan fingerprint density at radius 2 is 1.77 bits per heavy atom. The number of H-pyrrole nitrogens is 1. The molecule has 0 aliphatic heterocycles. The lowest BCUT2D eigenvalue weighted by Crippen LogP contribution is -2.18. The molecule has 154 valence electrons. The number of carbonyl (C=O) groups is 3. The molecule has 4 N–H and O–H groups in total. The maximum Gasteiger partial charge on any atom is 0.274 e. The number of aromatic nitrogens is 3. The van der Waals surface area contributed by atoms with Gasteiger partial charge in [0, 0.05) is 30.2 Å². The van der Waals surface area contributed by atoms with Crippen LogP contribution < -0.4 is 16.0 Å². The van der Waals surface area contributed by atoms with Crippen LogP contribution in [0.3, 0.4) is 0 Å². The highest BCUT2D eigenvalue weighted by Crippen LogP contribution is 2.38. The lowest BCUT2D eigenvalue weighted by molar-refractivity contribution is 0.101. The van der Waals surface area contributed by atoms with E-state index in [1.54, 1.807) is 60.2 Å². The fraction of sp³-hybridized carbons (Fsp3) is 0. The van der Waals surface area contributed by atoms with Crippen LogP contribution in [0, 0.1) is 0 Å². The largest absolute Gasteiger partial charge is 0.357 e. The van der Waals surface area contributed by atoms with Crippen molar-refractivity contribution in [1.82, 2.24) is 15.0 Å². The van der Waals surface area contributed by atoms with Crippen molar-refractivity contribution in [3.8, 4) is 0 Å². The van der Waals surface area contributed by atoms with Gasteiger partial charge in [0.05, 0.1) is 11.3 Å². The SMILES string of the molecule is O=C(Nc1c(NC(=O)c2ccccn2)csc1NC(=O)c1ccc[nH]1)c1cccnc1. The smallest absolute Gasteiger partial charge is 0.274 e. The molecule has 0 atom stereocenters. The molecule has 0 bridgehead atoms.